The minimum atomic E-state index is 0.297. The maximum Gasteiger partial charge on any atom is 0.236 e. The molecule has 0 aromatic carbocycles. The van der Waals surface area contributed by atoms with Crippen molar-refractivity contribution in [3.8, 4) is 6.07 Å². The minimum absolute atomic E-state index is 0.297. The lowest BCUT2D eigenvalue weighted by molar-refractivity contribution is -0.133. The molecule has 6 nitrogen and oxygen atoms in total. The van der Waals surface area contributed by atoms with Crippen molar-refractivity contribution in [2.45, 2.75) is 32.7 Å². The first kappa shape index (κ1) is 18.0. The van der Waals surface area contributed by atoms with E-state index in [0.717, 1.165) is 64.3 Å². The largest absolute Gasteiger partial charge is 0.342 e. The van der Waals surface area contributed by atoms with Gasteiger partial charge in [-0.3, -0.25) is 14.6 Å². The number of carbonyl (C=O) groups is 1. The Morgan fingerprint density at radius 2 is 1.72 bits per heavy atom. The van der Waals surface area contributed by atoms with Crippen molar-refractivity contribution in [2.24, 2.45) is 7.05 Å². The summed E-state index contributed by atoms with van der Waals surface area (Å²) in [5, 5.41) is 9.16. The van der Waals surface area contributed by atoms with E-state index in [9.17, 15) is 4.79 Å². The van der Waals surface area contributed by atoms with Crippen LogP contribution in [0.2, 0.25) is 0 Å². The van der Waals surface area contributed by atoms with E-state index in [2.05, 4.69) is 22.8 Å². The van der Waals surface area contributed by atoms with E-state index < -0.39 is 0 Å². The number of likely N-dealkylation sites (tertiary alicyclic amines) is 1. The number of hydrogen-bond acceptors (Lipinski definition) is 4. The van der Waals surface area contributed by atoms with Gasteiger partial charge in [-0.05, 0) is 37.8 Å². The molecule has 0 aliphatic carbocycles. The van der Waals surface area contributed by atoms with E-state index in [1.54, 1.807) is 0 Å². The van der Waals surface area contributed by atoms with Gasteiger partial charge in [0.05, 0.1) is 6.54 Å². The van der Waals surface area contributed by atoms with Gasteiger partial charge in [0.2, 0.25) is 5.91 Å². The van der Waals surface area contributed by atoms with Gasteiger partial charge in [0, 0.05) is 58.6 Å². The molecule has 2 aliphatic rings. The third-order valence-electron chi connectivity index (χ3n) is 5.68. The minimum Gasteiger partial charge on any atom is -0.342 e. The first-order valence-corrected chi connectivity index (χ1v) is 9.36. The van der Waals surface area contributed by atoms with Crippen LogP contribution in [0.3, 0.4) is 0 Å². The van der Waals surface area contributed by atoms with Crippen molar-refractivity contribution in [1.29, 1.82) is 5.26 Å². The molecule has 1 aromatic rings. The van der Waals surface area contributed by atoms with Gasteiger partial charge in [-0.15, -0.1) is 0 Å². The number of piperazine rings is 1. The number of nitrogens with zero attached hydrogens (tertiary/aromatic N) is 5. The highest BCUT2D eigenvalue weighted by Gasteiger charge is 2.23. The average Bonchev–Trinajstić information content (AvgIpc) is 2.92. The second kappa shape index (κ2) is 8.03. The number of piperidine rings is 1. The Bertz CT molecular complexity index is 646. The van der Waals surface area contributed by atoms with Crippen LogP contribution in [0, 0.1) is 18.3 Å². The SMILES string of the molecule is Cc1c(CN2CCN(CC(=O)N3CCCCC3)CC2)cc(C#N)n1C. The molecule has 0 unspecified atom stereocenters. The topological polar surface area (TPSA) is 55.5 Å². The van der Waals surface area contributed by atoms with E-state index in [4.69, 9.17) is 5.26 Å². The number of hydrogen-bond donors (Lipinski definition) is 0. The number of amides is 1. The molecule has 0 N–H and O–H groups in total. The highest BCUT2D eigenvalue weighted by Crippen LogP contribution is 2.17. The Hall–Kier alpha value is -1.84. The van der Waals surface area contributed by atoms with Gasteiger partial charge in [0.25, 0.3) is 0 Å². The third-order valence-corrected chi connectivity index (χ3v) is 5.68. The van der Waals surface area contributed by atoms with Gasteiger partial charge in [0.15, 0.2) is 0 Å². The van der Waals surface area contributed by atoms with E-state index in [1.165, 1.54) is 17.7 Å². The van der Waals surface area contributed by atoms with Crippen LogP contribution in [-0.4, -0.2) is 71.0 Å². The Morgan fingerprint density at radius 1 is 1.08 bits per heavy atom. The lowest BCUT2D eigenvalue weighted by Crippen LogP contribution is -2.50. The van der Waals surface area contributed by atoms with Crippen molar-refractivity contribution in [3.63, 3.8) is 0 Å². The normalized spacial score (nSPS) is 19.8. The zero-order chi connectivity index (χ0) is 17.8. The van der Waals surface area contributed by atoms with Gasteiger partial charge in [-0.25, -0.2) is 0 Å². The lowest BCUT2D eigenvalue weighted by atomic mass is 10.1. The number of carbonyl (C=O) groups excluding carboxylic acids is 1. The van der Waals surface area contributed by atoms with E-state index >= 15 is 0 Å². The second-order valence-corrected chi connectivity index (χ2v) is 7.30. The number of nitriles is 1. The maximum absolute atomic E-state index is 12.4. The second-order valence-electron chi connectivity index (χ2n) is 7.30. The average molecular weight is 343 g/mol. The summed E-state index contributed by atoms with van der Waals surface area (Å²) in [6.07, 6.45) is 3.57. The molecular weight excluding hydrogens is 314 g/mol. The van der Waals surface area contributed by atoms with Gasteiger partial charge in [-0.1, -0.05) is 0 Å². The van der Waals surface area contributed by atoms with Crippen LogP contribution in [-0.2, 0) is 18.4 Å². The van der Waals surface area contributed by atoms with Gasteiger partial charge in [-0.2, -0.15) is 5.26 Å². The molecule has 0 atom stereocenters. The predicted molar refractivity (Wildman–Crippen MR) is 97.0 cm³/mol. The standard InChI is InChI=1S/C19H29N5O/c1-16-17(12-18(13-20)21(16)2)14-22-8-10-23(11-9-22)15-19(25)24-6-4-3-5-7-24/h12H,3-11,14-15H2,1-2H3. The van der Waals surface area contributed by atoms with E-state index in [-0.39, 0.29) is 0 Å². The highest BCUT2D eigenvalue weighted by atomic mass is 16.2. The summed E-state index contributed by atoms with van der Waals surface area (Å²) in [6, 6.07) is 4.25. The van der Waals surface area contributed by atoms with Crippen molar-refractivity contribution in [1.82, 2.24) is 19.3 Å². The van der Waals surface area contributed by atoms with Crippen LogP contribution >= 0.6 is 0 Å². The number of rotatable bonds is 4. The quantitative estimate of drug-likeness (QED) is 0.828. The molecule has 0 bridgehead atoms. The monoisotopic (exact) mass is 343 g/mol. The molecule has 1 aromatic heterocycles. The Morgan fingerprint density at radius 3 is 2.32 bits per heavy atom. The molecule has 2 saturated heterocycles. The van der Waals surface area contributed by atoms with Crippen LogP contribution < -0.4 is 0 Å². The molecule has 3 heterocycles. The van der Waals surface area contributed by atoms with Crippen molar-refractivity contribution >= 4 is 5.91 Å². The fraction of sp³-hybridized carbons (Fsp3) is 0.684. The lowest BCUT2D eigenvalue weighted by Gasteiger charge is -2.36. The summed E-state index contributed by atoms with van der Waals surface area (Å²) in [7, 11) is 1.95. The first-order valence-electron chi connectivity index (χ1n) is 9.36. The molecule has 2 aliphatic heterocycles. The van der Waals surface area contributed by atoms with Crippen molar-refractivity contribution < 1.29 is 4.79 Å². The molecule has 0 spiro atoms. The van der Waals surface area contributed by atoms with Gasteiger partial charge in [0.1, 0.15) is 11.8 Å². The zero-order valence-corrected chi connectivity index (χ0v) is 15.5. The van der Waals surface area contributed by atoms with E-state index in [1.807, 2.05) is 22.6 Å². The van der Waals surface area contributed by atoms with Crippen LogP contribution in [0.1, 0.15) is 36.2 Å². The fourth-order valence-electron chi connectivity index (χ4n) is 3.81. The molecule has 0 saturated carbocycles. The summed E-state index contributed by atoms with van der Waals surface area (Å²) in [4.78, 5) is 19.1. The summed E-state index contributed by atoms with van der Waals surface area (Å²) in [6.45, 7) is 9.23. The smallest absolute Gasteiger partial charge is 0.236 e. The van der Waals surface area contributed by atoms with Gasteiger partial charge < -0.3 is 9.47 Å². The molecule has 3 rings (SSSR count). The molecule has 2 fully saturated rings. The van der Waals surface area contributed by atoms with Gasteiger partial charge >= 0.3 is 0 Å². The Kier molecular flexibility index (Phi) is 5.77. The van der Waals surface area contributed by atoms with Crippen LogP contribution in [0.15, 0.2) is 6.07 Å². The predicted octanol–water partition coefficient (Wildman–Crippen LogP) is 1.34. The van der Waals surface area contributed by atoms with Crippen molar-refractivity contribution in [3.05, 3.63) is 23.0 Å². The Labute approximate surface area is 150 Å². The molecule has 1 amide bonds. The Balaban J connectivity index is 1.47. The third kappa shape index (κ3) is 4.23. The van der Waals surface area contributed by atoms with Crippen LogP contribution in [0.25, 0.3) is 0 Å². The molecule has 6 heteroatoms. The summed E-state index contributed by atoms with van der Waals surface area (Å²) < 4.78 is 1.96. The van der Waals surface area contributed by atoms with Crippen molar-refractivity contribution in [2.75, 3.05) is 45.8 Å². The zero-order valence-electron chi connectivity index (χ0n) is 15.5. The molecular formula is C19H29N5O. The number of aromatic nitrogens is 1. The van der Waals surface area contributed by atoms with E-state index in [0.29, 0.717) is 12.5 Å². The molecule has 25 heavy (non-hydrogen) atoms. The summed E-state index contributed by atoms with van der Waals surface area (Å²) in [5.74, 6) is 0.297. The highest BCUT2D eigenvalue weighted by molar-refractivity contribution is 5.78. The first-order chi connectivity index (χ1) is 12.1. The maximum atomic E-state index is 12.4. The van der Waals surface area contributed by atoms with Crippen LogP contribution in [0.5, 0.6) is 0 Å². The summed E-state index contributed by atoms with van der Waals surface area (Å²) >= 11 is 0. The molecule has 0 radical (unpaired) electrons. The summed E-state index contributed by atoms with van der Waals surface area (Å²) in [5.41, 5.74) is 3.12. The van der Waals surface area contributed by atoms with Crippen LogP contribution in [0.4, 0.5) is 0 Å². The fourth-order valence-corrected chi connectivity index (χ4v) is 3.81. The molecule has 136 valence electrons.